The van der Waals surface area contributed by atoms with Crippen molar-refractivity contribution in [2.24, 2.45) is 0 Å². The number of anilines is 2. The third kappa shape index (κ3) is 4.41. The van der Waals surface area contributed by atoms with Crippen LogP contribution in [0.5, 0.6) is 0 Å². The molecule has 0 radical (unpaired) electrons. The SMILES string of the molecule is CCN(CC(=O)Nc1ccccc1C(F)(F)F)c1snc(Cl)c1C#N. The summed E-state index contributed by atoms with van der Waals surface area (Å²) >= 11 is 6.76. The Morgan fingerprint density at radius 2 is 2.12 bits per heavy atom. The summed E-state index contributed by atoms with van der Waals surface area (Å²) < 4.78 is 42.8. The third-order valence-corrected chi connectivity index (χ3v) is 4.54. The first-order valence-electron chi connectivity index (χ1n) is 7.04. The number of benzene rings is 1. The summed E-state index contributed by atoms with van der Waals surface area (Å²) in [5.41, 5.74) is -1.11. The Morgan fingerprint density at radius 3 is 2.72 bits per heavy atom. The third-order valence-electron chi connectivity index (χ3n) is 3.25. The molecular weight excluding hydrogens is 377 g/mol. The van der Waals surface area contributed by atoms with Crippen LogP contribution in [0.15, 0.2) is 24.3 Å². The van der Waals surface area contributed by atoms with E-state index in [2.05, 4.69) is 9.69 Å². The first-order valence-corrected chi connectivity index (χ1v) is 8.19. The number of nitrogens with one attached hydrogen (secondary N) is 1. The molecule has 0 spiro atoms. The summed E-state index contributed by atoms with van der Waals surface area (Å²) in [5.74, 6) is -0.646. The van der Waals surface area contributed by atoms with E-state index in [1.807, 2.05) is 6.07 Å². The van der Waals surface area contributed by atoms with Gasteiger partial charge in [-0.15, -0.1) is 0 Å². The highest BCUT2D eigenvalue weighted by atomic mass is 35.5. The Bertz CT molecular complexity index is 816. The molecule has 1 aromatic carbocycles. The normalized spacial score (nSPS) is 11.0. The summed E-state index contributed by atoms with van der Waals surface area (Å²) in [6.45, 7) is 1.85. The monoisotopic (exact) mass is 388 g/mol. The van der Waals surface area contributed by atoms with Crippen molar-refractivity contribution in [3.05, 3.63) is 40.5 Å². The van der Waals surface area contributed by atoms with Gasteiger partial charge in [-0.2, -0.15) is 22.8 Å². The zero-order chi connectivity index (χ0) is 18.6. The van der Waals surface area contributed by atoms with Crippen LogP contribution in [0.2, 0.25) is 5.15 Å². The minimum Gasteiger partial charge on any atom is -0.352 e. The Morgan fingerprint density at radius 1 is 1.44 bits per heavy atom. The van der Waals surface area contributed by atoms with Crippen LogP contribution in [0.25, 0.3) is 0 Å². The topological polar surface area (TPSA) is 69.0 Å². The molecule has 0 bridgehead atoms. The molecular formula is C15H12ClF3N4OS. The zero-order valence-electron chi connectivity index (χ0n) is 12.9. The van der Waals surface area contributed by atoms with Crippen LogP contribution in [0.3, 0.4) is 0 Å². The van der Waals surface area contributed by atoms with Crippen molar-refractivity contribution in [1.29, 1.82) is 5.26 Å². The Balaban J connectivity index is 2.18. The average molecular weight is 389 g/mol. The maximum Gasteiger partial charge on any atom is 0.418 e. The van der Waals surface area contributed by atoms with Crippen molar-refractivity contribution in [2.75, 3.05) is 23.3 Å². The highest BCUT2D eigenvalue weighted by molar-refractivity contribution is 7.10. The highest BCUT2D eigenvalue weighted by Crippen LogP contribution is 2.35. The van der Waals surface area contributed by atoms with Gasteiger partial charge in [-0.25, -0.2) is 0 Å². The van der Waals surface area contributed by atoms with Gasteiger partial charge < -0.3 is 10.2 Å². The van der Waals surface area contributed by atoms with E-state index in [1.54, 1.807) is 6.92 Å². The largest absolute Gasteiger partial charge is 0.418 e. The second-order valence-electron chi connectivity index (χ2n) is 4.87. The fraction of sp³-hybridized carbons (Fsp3) is 0.267. The number of amides is 1. The molecule has 25 heavy (non-hydrogen) atoms. The molecule has 0 saturated heterocycles. The minimum absolute atomic E-state index is 0.0313. The van der Waals surface area contributed by atoms with Crippen molar-refractivity contribution >= 4 is 39.7 Å². The average Bonchev–Trinajstić information content (AvgIpc) is 2.92. The predicted octanol–water partition coefficient (Wildman–Crippen LogP) is 4.15. The molecule has 0 aliphatic rings. The second kappa shape index (κ2) is 7.72. The number of carbonyl (C=O) groups is 1. The number of hydrogen-bond donors (Lipinski definition) is 1. The van der Waals surface area contributed by atoms with E-state index in [1.165, 1.54) is 23.1 Å². The molecule has 0 fully saturated rings. The first kappa shape index (κ1) is 19.0. The number of alkyl halides is 3. The number of nitrogens with zero attached hydrogens (tertiary/aromatic N) is 3. The first-order chi connectivity index (χ1) is 11.8. The molecule has 10 heteroatoms. The maximum atomic E-state index is 13.0. The van der Waals surface area contributed by atoms with E-state index < -0.39 is 17.6 Å². The lowest BCUT2D eigenvalue weighted by atomic mass is 10.1. The van der Waals surface area contributed by atoms with Crippen molar-refractivity contribution in [2.45, 2.75) is 13.1 Å². The van der Waals surface area contributed by atoms with Crippen LogP contribution in [-0.2, 0) is 11.0 Å². The van der Waals surface area contributed by atoms with Gasteiger partial charge in [-0.3, -0.25) is 4.79 Å². The lowest BCUT2D eigenvalue weighted by Gasteiger charge is -2.21. The van der Waals surface area contributed by atoms with Crippen LogP contribution in [0, 0.1) is 11.3 Å². The maximum absolute atomic E-state index is 13.0. The molecule has 132 valence electrons. The van der Waals surface area contributed by atoms with Gasteiger partial charge in [0.2, 0.25) is 5.91 Å². The molecule has 1 N–H and O–H groups in total. The van der Waals surface area contributed by atoms with E-state index in [0.29, 0.717) is 11.5 Å². The lowest BCUT2D eigenvalue weighted by Crippen LogP contribution is -2.33. The molecule has 0 atom stereocenters. The number of nitriles is 1. The molecule has 2 aromatic rings. The van der Waals surface area contributed by atoms with Gasteiger partial charge in [0.1, 0.15) is 16.6 Å². The van der Waals surface area contributed by atoms with E-state index in [4.69, 9.17) is 16.9 Å². The smallest absolute Gasteiger partial charge is 0.352 e. The van der Waals surface area contributed by atoms with Gasteiger partial charge in [-0.05, 0) is 30.6 Å². The van der Waals surface area contributed by atoms with Gasteiger partial charge in [-0.1, -0.05) is 23.7 Å². The molecule has 1 amide bonds. The zero-order valence-corrected chi connectivity index (χ0v) is 14.5. The summed E-state index contributed by atoms with van der Waals surface area (Å²) in [7, 11) is 0. The number of aromatic nitrogens is 1. The number of halogens is 4. The van der Waals surface area contributed by atoms with Gasteiger partial charge in [0.05, 0.1) is 17.8 Å². The highest BCUT2D eigenvalue weighted by Gasteiger charge is 2.33. The van der Waals surface area contributed by atoms with Gasteiger partial charge in [0.15, 0.2) is 5.15 Å². The summed E-state index contributed by atoms with van der Waals surface area (Å²) in [6.07, 6.45) is -4.58. The van der Waals surface area contributed by atoms with Crippen LogP contribution >= 0.6 is 23.1 Å². The summed E-state index contributed by atoms with van der Waals surface area (Å²) in [5, 5.41) is 11.8. The molecule has 1 aromatic heterocycles. The molecule has 2 rings (SSSR count). The lowest BCUT2D eigenvalue weighted by molar-refractivity contribution is -0.137. The molecule has 5 nitrogen and oxygen atoms in total. The van der Waals surface area contributed by atoms with E-state index >= 15 is 0 Å². The molecule has 0 unspecified atom stereocenters. The van der Waals surface area contributed by atoms with Crippen molar-refractivity contribution in [3.8, 4) is 6.07 Å². The second-order valence-corrected chi connectivity index (χ2v) is 5.98. The van der Waals surface area contributed by atoms with Crippen molar-refractivity contribution < 1.29 is 18.0 Å². The van der Waals surface area contributed by atoms with Gasteiger partial charge in [0, 0.05) is 6.54 Å². The standard InChI is InChI=1S/C15H12ClF3N4OS/c1-2-23(14-9(7-20)13(16)22-25-14)8-12(24)21-11-6-4-3-5-10(11)15(17,18)19/h3-6H,2,8H2,1H3,(H,21,24). The number of likely N-dealkylation sites (N-methyl/N-ethyl adjacent to an activating group) is 1. The number of para-hydroxylation sites is 1. The Labute approximate surface area is 150 Å². The van der Waals surface area contributed by atoms with E-state index in [9.17, 15) is 18.0 Å². The van der Waals surface area contributed by atoms with Crippen LogP contribution < -0.4 is 10.2 Å². The predicted molar refractivity (Wildman–Crippen MR) is 89.8 cm³/mol. The van der Waals surface area contributed by atoms with Gasteiger partial charge in [0.25, 0.3) is 0 Å². The van der Waals surface area contributed by atoms with Crippen molar-refractivity contribution in [1.82, 2.24) is 4.37 Å². The summed E-state index contributed by atoms with van der Waals surface area (Å²) in [6, 6.07) is 6.63. The van der Waals surface area contributed by atoms with Crippen LogP contribution in [0.4, 0.5) is 23.9 Å². The molecule has 0 aliphatic heterocycles. The van der Waals surface area contributed by atoms with E-state index in [-0.39, 0.29) is 22.9 Å². The van der Waals surface area contributed by atoms with Crippen LogP contribution in [-0.4, -0.2) is 23.4 Å². The Hall–Kier alpha value is -2.31. The quantitative estimate of drug-likeness (QED) is 0.835. The molecule has 0 aliphatic carbocycles. The molecule has 1 heterocycles. The summed E-state index contributed by atoms with van der Waals surface area (Å²) in [4.78, 5) is 13.7. The fourth-order valence-electron chi connectivity index (χ4n) is 2.10. The minimum atomic E-state index is -4.58. The number of hydrogen-bond acceptors (Lipinski definition) is 5. The van der Waals surface area contributed by atoms with Gasteiger partial charge >= 0.3 is 6.18 Å². The number of rotatable bonds is 5. The Kier molecular flexibility index (Phi) is 5.87. The molecule has 0 saturated carbocycles. The van der Waals surface area contributed by atoms with Crippen molar-refractivity contribution in [3.63, 3.8) is 0 Å². The fourth-order valence-corrected chi connectivity index (χ4v) is 3.19. The van der Waals surface area contributed by atoms with Crippen LogP contribution in [0.1, 0.15) is 18.1 Å². The van der Waals surface area contributed by atoms with E-state index in [0.717, 1.165) is 17.6 Å². The number of carbonyl (C=O) groups excluding carboxylic acids is 1.